The highest BCUT2D eigenvalue weighted by Gasteiger charge is 2.19. The molecule has 16 nitrogen and oxygen atoms in total. The van der Waals surface area contributed by atoms with Gasteiger partial charge in [0, 0.05) is 40.3 Å². The number of anilines is 1. The first-order valence-corrected chi connectivity index (χ1v) is 11.9. The van der Waals surface area contributed by atoms with Gasteiger partial charge in [0.15, 0.2) is 6.29 Å². The van der Waals surface area contributed by atoms with Gasteiger partial charge in [-0.2, -0.15) is 0 Å². The third-order valence-electron chi connectivity index (χ3n) is 4.18. The topological polar surface area (TPSA) is 249 Å². The maximum atomic E-state index is 11.6. The first-order chi connectivity index (χ1) is 18.6. The molecule has 4 N–H and O–H groups in total. The minimum Gasteiger partial charge on any atom is -0.502 e. The molecule has 0 fully saturated rings. The van der Waals surface area contributed by atoms with Crippen LogP contribution in [0.1, 0.15) is 24.2 Å². The highest BCUT2D eigenvalue weighted by molar-refractivity contribution is 9.10. The molecule has 18 heteroatoms. The fourth-order valence-corrected chi connectivity index (χ4v) is 3.55. The number of carbonyl (C=O) groups excluding carboxylic acids is 3. The van der Waals surface area contributed by atoms with E-state index in [2.05, 4.69) is 42.5 Å². The van der Waals surface area contributed by atoms with Crippen LogP contribution in [-0.4, -0.2) is 50.7 Å². The number of carboxylic acids is 1. The lowest BCUT2D eigenvalue weighted by molar-refractivity contribution is -0.386. The average molecular weight is 690 g/mol. The molecular weight excluding hydrogens is 672 g/mol. The number of phenols is 1. The van der Waals surface area contributed by atoms with Crippen LogP contribution >= 0.6 is 31.9 Å². The molecular formula is C22H18Br2N4O12. The number of hydrogen-bond acceptors (Lipinski definition) is 11. The van der Waals surface area contributed by atoms with Gasteiger partial charge in [0.25, 0.3) is 0 Å². The van der Waals surface area contributed by atoms with E-state index in [9.17, 15) is 49.3 Å². The second-order valence-electron chi connectivity index (χ2n) is 7.27. The van der Waals surface area contributed by atoms with E-state index >= 15 is 0 Å². The first-order valence-electron chi connectivity index (χ1n) is 10.3. The molecule has 0 saturated carbocycles. The van der Waals surface area contributed by atoms with Crippen LogP contribution in [-0.2, 0) is 14.4 Å². The van der Waals surface area contributed by atoms with Gasteiger partial charge in [-0.05, 0) is 18.2 Å². The smallest absolute Gasteiger partial charge is 0.360 e. The summed E-state index contributed by atoms with van der Waals surface area (Å²) in [7, 11) is 0. The van der Waals surface area contributed by atoms with Crippen LogP contribution in [0.25, 0.3) is 11.0 Å². The van der Waals surface area contributed by atoms with E-state index in [1.807, 2.05) is 0 Å². The summed E-state index contributed by atoms with van der Waals surface area (Å²) < 4.78 is 5.75. The summed E-state index contributed by atoms with van der Waals surface area (Å²) in [5.41, 5.74) is -1.96. The van der Waals surface area contributed by atoms with Crippen LogP contribution in [0, 0.1) is 20.2 Å². The van der Waals surface area contributed by atoms with Crippen LogP contribution in [0.4, 0.5) is 17.1 Å². The number of nitro groups is 2. The van der Waals surface area contributed by atoms with E-state index in [0.717, 1.165) is 6.07 Å². The van der Waals surface area contributed by atoms with Crippen molar-refractivity contribution in [3.8, 4) is 5.75 Å². The molecule has 0 aliphatic rings. The number of nitrogens with one attached hydrogen (secondary N) is 2. The summed E-state index contributed by atoms with van der Waals surface area (Å²) in [5, 5.41) is 43.1. The Bertz CT molecular complexity index is 1540. The van der Waals surface area contributed by atoms with Crippen molar-refractivity contribution in [3.63, 3.8) is 0 Å². The Labute approximate surface area is 239 Å². The lowest BCUT2D eigenvalue weighted by Gasteiger charge is -2.03. The Balaban J connectivity index is 0.000000331. The number of phenolic OH excluding ortho intramolecular Hbond substituents is 1. The van der Waals surface area contributed by atoms with Gasteiger partial charge in [0.05, 0.1) is 15.4 Å². The molecule has 1 aromatic heterocycles. The number of carbonyl (C=O) groups is 4. The van der Waals surface area contributed by atoms with Crippen LogP contribution in [0.15, 0.2) is 48.5 Å². The van der Waals surface area contributed by atoms with Gasteiger partial charge in [-0.15, -0.1) is 0 Å². The standard InChI is InChI=1S/C11H7BrN2O5.C7H4BrNO4.C4H7NO3/c1-5(15)13-8-3-6-2-7(12)4-9(14(17)18)10(6)19-11(8)16;8-5-1-4(3-10)7(11)6(2-5)9(12)13;1-3(6)5-2-4(7)8/h2-4H,1H3,(H,13,15);1-3,11H;2H2,1H3,(H,5,6)(H,7,8). The lowest BCUT2D eigenvalue weighted by Crippen LogP contribution is -2.26. The van der Waals surface area contributed by atoms with Crippen molar-refractivity contribution in [2.75, 3.05) is 11.9 Å². The van der Waals surface area contributed by atoms with Gasteiger partial charge in [-0.1, -0.05) is 31.9 Å². The number of aliphatic carboxylic acids is 1. The first kappa shape index (κ1) is 33.3. The van der Waals surface area contributed by atoms with Gasteiger partial charge >= 0.3 is 23.0 Å². The molecule has 0 unspecified atom stereocenters. The highest BCUT2D eigenvalue weighted by Crippen LogP contribution is 2.32. The molecule has 3 aromatic rings. The van der Waals surface area contributed by atoms with Crippen molar-refractivity contribution in [2.24, 2.45) is 0 Å². The minimum atomic E-state index is -1.03. The number of hydrogen-bond donors (Lipinski definition) is 4. The van der Waals surface area contributed by atoms with Crippen LogP contribution in [0.5, 0.6) is 5.75 Å². The summed E-state index contributed by atoms with van der Waals surface area (Å²) in [6.45, 7) is 2.21. The summed E-state index contributed by atoms with van der Waals surface area (Å²) >= 11 is 6.12. The molecule has 212 valence electrons. The van der Waals surface area contributed by atoms with Crippen molar-refractivity contribution in [3.05, 3.63) is 75.5 Å². The molecule has 0 aliphatic carbocycles. The normalized spacial score (nSPS) is 9.70. The number of rotatable bonds is 6. The molecule has 3 rings (SSSR count). The summed E-state index contributed by atoms with van der Waals surface area (Å²) in [4.78, 5) is 72.4. The number of nitrogens with zero attached hydrogens (tertiary/aromatic N) is 2. The predicted octanol–water partition coefficient (Wildman–Crippen LogP) is 3.50. The Kier molecular flexibility index (Phi) is 12.5. The minimum absolute atomic E-state index is 0.0626. The fourth-order valence-electron chi connectivity index (χ4n) is 2.63. The Morgan fingerprint density at radius 1 is 0.975 bits per heavy atom. The van der Waals surface area contributed by atoms with Gasteiger partial charge in [0.2, 0.25) is 23.1 Å². The largest absolute Gasteiger partial charge is 0.502 e. The number of amides is 2. The van der Waals surface area contributed by atoms with Crippen molar-refractivity contribution < 1.29 is 43.7 Å². The molecule has 2 amide bonds. The number of nitro benzene ring substituents is 2. The molecule has 40 heavy (non-hydrogen) atoms. The van der Waals surface area contributed by atoms with E-state index in [-0.39, 0.29) is 35.0 Å². The predicted molar refractivity (Wildman–Crippen MR) is 145 cm³/mol. The van der Waals surface area contributed by atoms with E-state index in [1.165, 1.54) is 32.0 Å². The third kappa shape index (κ3) is 10.2. The Hall–Kier alpha value is -4.71. The number of aromatic hydroxyl groups is 1. The molecule has 0 spiro atoms. The molecule has 0 aliphatic heterocycles. The van der Waals surface area contributed by atoms with Crippen molar-refractivity contribution in [2.45, 2.75) is 13.8 Å². The molecule has 0 atom stereocenters. The summed E-state index contributed by atoms with van der Waals surface area (Å²) in [6, 6.07) is 6.55. The Morgan fingerprint density at radius 3 is 1.98 bits per heavy atom. The number of fused-ring (bicyclic) bond motifs is 1. The number of halogens is 2. The average Bonchev–Trinajstić information content (AvgIpc) is 2.84. The number of non-ortho nitro benzene ring substituents is 1. The van der Waals surface area contributed by atoms with E-state index < -0.39 is 38.8 Å². The van der Waals surface area contributed by atoms with Gasteiger partial charge < -0.3 is 25.3 Å². The van der Waals surface area contributed by atoms with Gasteiger partial charge in [-0.25, -0.2) is 4.79 Å². The Morgan fingerprint density at radius 2 is 1.52 bits per heavy atom. The summed E-state index contributed by atoms with van der Waals surface area (Å²) in [5.74, 6) is -2.40. The molecule has 0 radical (unpaired) electrons. The zero-order chi connectivity index (χ0) is 30.7. The molecule has 0 saturated heterocycles. The molecule has 1 heterocycles. The van der Waals surface area contributed by atoms with E-state index in [1.54, 1.807) is 6.07 Å². The van der Waals surface area contributed by atoms with Gasteiger partial charge in [-0.3, -0.25) is 39.4 Å². The maximum Gasteiger partial charge on any atom is 0.360 e. The van der Waals surface area contributed by atoms with Gasteiger partial charge in [0.1, 0.15) is 12.2 Å². The molecule has 2 aromatic carbocycles. The number of carboxylic acid groups (broad SMARTS) is 1. The summed E-state index contributed by atoms with van der Waals surface area (Å²) in [6.07, 6.45) is 0.354. The quantitative estimate of drug-likeness (QED) is 0.126. The zero-order valence-electron chi connectivity index (χ0n) is 20.3. The monoisotopic (exact) mass is 688 g/mol. The van der Waals surface area contributed by atoms with Crippen molar-refractivity contribution >= 4 is 84.0 Å². The van der Waals surface area contributed by atoms with E-state index in [4.69, 9.17) is 9.52 Å². The number of benzene rings is 2. The molecule has 0 bridgehead atoms. The zero-order valence-corrected chi connectivity index (χ0v) is 23.5. The lowest BCUT2D eigenvalue weighted by atomic mass is 10.2. The van der Waals surface area contributed by atoms with E-state index in [0.29, 0.717) is 20.6 Å². The van der Waals surface area contributed by atoms with Crippen molar-refractivity contribution in [1.82, 2.24) is 5.32 Å². The van der Waals surface area contributed by atoms with Crippen LogP contribution < -0.4 is 16.3 Å². The van der Waals surface area contributed by atoms with Crippen molar-refractivity contribution in [1.29, 1.82) is 0 Å². The fraction of sp³-hybridized carbons (Fsp3) is 0.136. The second-order valence-corrected chi connectivity index (χ2v) is 9.10. The van der Waals surface area contributed by atoms with Crippen LogP contribution in [0.2, 0.25) is 0 Å². The number of aldehydes is 1. The maximum absolute atomic E-state index is 11.6. The van der Waals surface area contributed by atoms with Crippen LogP contribution in [0.3, 0.4) is 0 Å². The third-order valence-corrected chi connectivity index (χ3v) is 5.10. The SMILES string of the molecule is CC(=O)NCC(=O)O.CC(=O)Nc1cc2cc(Br)cc([N+](=O)[O-])c2oc1=O.O=Cc1cc(Br)cc([N+](=O)[O-])c1O. The highest BCUT2D eigenvalue weighted by atomic mass is 79.9. The second kappa shape index (κ2) is 15.0.